The van der Waals surface area contributed by atoms with Gasteiger partial charge in [-0.2, -0.15) is 4.98 Å². The minimum absolute atomic E-state index is 0.207. The highest BCUT2D eigenvalue weighted by atomic mass is 79.9. The number of ether oxygens (including phenoxy) is 3. The van der Waals surface area contributed by atoms with Crippen molar-refractivity contribution in [2.45, 2.75) is 18.3 Å². The average molecular weight is 538 g/mol. The Labute approximate surface area is 187 Å². The fraction of sp³-hybridized carbons (Fsp3) is 0.211. The minimum Gasteiger partial charge on any atom is -0.454 e. The van der Waals surface area contributed by atoms with Crippen molar-refractivity contribution in [2.24, 2.45) is 0 Å². The van der Waals surface area contributed by atoms with Gasteiger partial charge in [-0.1, -0.05) is 50.5 Å². The van der Waals surface area contributed by atoms with E-state index in [1.807, 2.05) is 37.3 Å². The van der Waals surface area contributed by atoms with Crippen LogP contribution in [0.2, 0.25) is 0 Å². The molecule has 0 spiro atoms. The first-order chi connectivity index (χ1) is 14.1. The SMILES string of the molecule is CCSc1nnc2c(n1)OC(c1cc3c(cc1Br)OCO3)Nc1ccc(Br)cc1-2. The average Bonchev–Trinajstić information content (AvgIpc) is 3.09. The third-order valence-electron chi connectivity index (χ3n) is 4.44. The molecule has 2 aliphatic rings. The molecule has 0 aliphatic carbocycles. The van der Waals surface area contributed by atoms with Gasteiger partial charge in [0.1, 0.15) is 0 Å². The van der Waals surface area contributed by atoms with Gasteiger partial charge in [-0.25, -0.2) is 0 Å². The zero-order valence-electron chi connectivity index (χ0n) is 15.1. The molecule has 2 aromatic carbocycles. The molecular weight excluding hydrogens is 524 g/mol. The number of anilines is 1. The normalized spacial score (nSPS) is 16.3. The second-order valence-corrected chi connectivity index (χ2v) is 9.24. The number of rotatable bonds is 3. The Morgan fingerprint density at radius 1 is 1.14 bits per heavy atom. The largest absolute Gasteiger partial charge is 0.454 e. The van der Waals surface area contributed by atoms with Crippen molar-refractivity contribution in [2.75, 3.05) is 17.9 Å². The molecular formula is C19H14Br2N4O3S. The number of fused-ring (bicyclic) bond motifs is 4. The number of benzene rings is 2. The third kappa shape index (κ3) is 3.53. The number of nitrogens with zero attached hydrogens (tertiary/aromatic N) is 3. The summed E-state index contributed by atoms with van der Waals surface area (Å²) in [5.74, 6) is 2.65. The number of hydrogen-bond donors (Lipinski definition) is 1. The molecule has 2 aliphatic heterocycles. The molecule has 148 valence electrons. The van der Waals surface area contributed by atoms with Crippen molar-refractivity contribution in [1.82, 2.24) is 15.2 Å². The molecule has 0 bridgehead atoms. The molecule has 1 aromatic heterocycles. The highest BCUT2D eigenvalue weighted by molar-refractivity contribution is 9.10. The number of nitrogens with one attached hydrogen (secondary N) is 1. The standard InChI is InChI=1S/C19H14Br2N4O3S/c1-2-29-19-23-18-16(24-25-19)11-5-9(20)3-4-13(11)22-17(28-18)10-6-14-15(7-12(10)21)27-8-26-14/h3-7,17,22H,2,8H2,1H3. The maximum Gasteiger partial charge on any atom is 0.247 e. The lowest BCUT2D eigenvalue weighted by Crippen LogP contribution is -2.17. The molecule has 3 aromatic rings. The smallest absolute Gasteiger partial charge is 0.247 e. The van der Waals surface area contributed by atoms with E-state index in [2.05, 4.69) is 52.4 Å². The Kier molecular flexibility index (Phi) is 5.00. The highest BCUT2D eigenvalue weighted by Crippen LogP contribution is 2.44. The molecule has 0 amide bonds. The van der Waals surface area contributed by atoms with E-state index in [4.69, 9.17) is 14.2 Å². The fourth-order valence-electron chi connectivity index (χ4n) is 3.13. The molecule has 5 rings (SSSR count). The summed E-state index contributed by atoms with van der Waals surface area (Å²) in [5.41, 5.74) is 3.18. The van der Waals surface area contributed by atoms with Gasteiger partial charge in [0.05, 0.1) is 0 Å². The van der Waals surface area contributed by atoms with Gasteiger partial charge < -0.3 is 19.5 Å². The van der Waals surface area contributed by atoms with Crippen molar-refractivity contribution < 1.29 is 14.2 Å². The fourth-order valence-corrected chi connectivity index (χ4v) is 4.53. The molecule has 0 radical (unpaired) electrons. The lowest BCUT2D eigenvalue weighted by molar-refractivity contribution is 0.173. The quantitative estimate of drug-likeness (QED) is 0.444. The van der Waals surface area contributed by atoms with Crippen LogP contribution < -0.4 is 19.5 Å². The molecule has 1 N–H and O–H groups in total. The van der Waals surface area contributed by atoms with Crippen LogP contribution in [0.25, 0.3) is 11.3 Å². The molecule has 29 heavy (non-hydrogen) atoms. The van der Waals surface area contributed by atoms with Gasteiger partial charge in [0.25, 0.3) is 0 Å². The van der Waals surface area contributed by atoms with Gasteiger partial charge in [0.2, 0.25) is 17.8 Å². The lowest BCUT2D eigenvalue weighted by Gasteiger charge is -2.21. The Balaban J connectivity index is 1.65. The molecule has 1 unspecified atom stereocenters. The van der Waals surface area contributed by atoms with Crippen molar-refractivity contribution in [3.8, 4) is 28.6 Å². The highest BCUT2D eigenvalue weighted by Gasteiger charge is 2.29. The maximum absolute atomic E-state index is 6.31. The monoisotopic (exact) mass is 536 g/mol. The van der Waals surface area contributed by atoms with Crippen molar-refractivity contribution in [3.63, 3.8) is 0 Å². The van der Waals surface area contributed by atoms with E-state index in [1.165, 1.54) is 11.8 Å². The maximum atomic E-state index is 6.31. The Morgan fingerprint density at radius 2 is 1.97 bits per heavy atom. The Morgan fingerprint density at radius 3 is 2.79 bits per heavy atom. The van der Waals surface area contributed by atoms with Crippen molar-refractivity contribution in [1.29, 1.82) is 0 Å². The predicted octanol–water partition coefficient (Wildman–Crippen LogP) is 5.41. The Hall–Kier alpha value is -2.04. The van der Waals surface area contributed by atoms with Crippen LogP contribution in [0.4, 0.5) is 5.69 Å². The van der Waals surface area contributed by atoms with Crippen LogP contribution in [0.15, 0.2) is 44.4 Å². The van der Waals surface area contributed by atoms with E-state index in [-0.39, 0.29) is 6.79 Å². The van der Waals surface area contributed by atoms with Crippen LogP contribution in [0.1, 0.15) is 18.7 Å². The van der Waals surface area contributed by atoms with Crippen molar-refractivity contribution in [3.05, 3.63) is 44.8 Å². The lowest BCUT2D eigenvalue weighted by atomic mass is 10.1. The number of thioether (sulfide) groups is 1. The second-order valence-electron chi connectivity index (χ2n) is 6.24. The van der Waals surface area contributed by atoms with Crippen LogP contribution in [-0.2, 0) is 0 Å². The van der Waals surface area contributed by atoms with E-state index in [9.17, 15) is 0 Å². The first kappa shape index (κ1) is 19.0. The Bertz CT molecular complexity index is 1120. The molecule has 0 saturated carbocycles. The number of hydrogen-bond acceptors (Lipinski definition) is 8. The molecule has 10 heteroatoms. The summed E-state index contributed by atoms with van der Waals surface area (Å²) in [7, 11) is 0. The topological polar surface area (TPSA) is 78.4 Å². The summed E-state index contributed by atoms with van der Waals surface area (Å²) >= 11 is 8.68. The van der Waals surface area contributed by atoms with E-state index in [0.29, 0.717) is 28.2 Å². The second kappa shape index (κ2) is 7.66. The van der Waals surface area contributed by atoms with Gasteiger partial charge in [-0.15, -0.1) is 10.2 Å². The van der Waals surface area contributed by atoms with Crippen LogP contribution >= 0.6 is 43.6 Å². The van der Waals surface area contributed by atoms with Crippen molar-refractivity contribution >= 4 is 49.3 Å². The van der Waals surface area contributed by atoms with Gasteiger partial charge in [0.15, 0.2) is 23.4 Å². The van der Waals surface area contributed by atoms with Gasteiger partial charge in [0, 0.05) is 25.8 Å². The number of aromatic nitrogens is 3. The van der Waals surface area contributed by atoms with E-state index < -0.39 is 6.23 Å². The first-order valence-corrected chi connectivity index (χ1v) is 11.4. The molecule has 3 heterocycles. The summed E-state index contributed by atoms with van der Waals surface area (Å²) in [6, 6.07) is 9.70. The number of halogens is 2. The van der Waals surface area contributed by atoms with E-state index >= 15 is 0 Å². The summed E-state index contributed by atoms with van der Waals surface area (Å²) in [4.78, 5) is 4.61. The van der Waals surface area contributed by atoms with Gasteiger partial charge in [-0.05, 0) is 36.1 Å². The summed E-state index contributed by atoms with van der Waals surface area (Å²) in [6.07, 6.45) is -0.517. The summed E-state index contributed by atoms with van der Waals surface area (Å²) in [6.45, 7) is 2.25. The van der Waals surface area contributed by atoms with E-state index in [0.717, 1.165) is 31.5 Å². The summed E-state index contributed by atoms with van der Waals surface area (Å²) in [5, 5.41) is 12.7. The van der Waals surface area contributed by atoms with Crippen LogP contribution in [-0.4, -0.2) is 27.7 Å². The van der Waals surface area contributed by atoms with Crippen LogP contribution in [0.5, 0.6) is 17.4 Å². The zero-order chi connectivity index (χ0) is 20.0. The first-order valence-electron chi connectivity index (χ1n) is 8.82. The summed E-state index contributed by atoms with van der Waals surface area (Å²) < 4.78 is 19.1. The minimum atomic E-state index is -0.517. The predicted molar refractivity (Wildman–Crippen MR) is 117 cm³/mol. The third-order valence-corrected chi connectivity index (χ3v) is 6.34. The van der Waals surface area contributed by atoms with Crippen LogP contribution in [0.3, 0.4) is 0 Å². The molecule has 7 nitrogen and oxygen atoms in total. The van der Waals surface area contributed by atoms with Crippen LogP contribution in [0, 0.1) is 0 Å². The van der Waals surface area contributed by atoms with Gasteiger partial charge in [-0.3, -0.25) is 0 Å². The molecule has 1 atom stereocenters. The van der Waals surface area contributed by atoms with E-state index in [1.54, 1.807) is 0 Å². The molecule has 0 saturated heterocycles. The zero-order valence-corrected chi connectivity index (χ0v) is 19.1. The van der Waals surface area contributed by atoms with Gasteiger partial charge >= 0.3 is 0 Å². The molecule has 0 fully saturated rings.